The molecule has 1 saturated carbocycles. The molecule has 9 heteroatoms. The van der Waals surface area contributed by atoms with Crippen molar-refractivity contribution in [2.75, 3.05) is 12.4 Å². The lowest BCUT2D eigenvalue weighted by atomic mass is 10.2. The molecule has 0 heterocycles. The van der Waals surface area contributed by atoms with Gasteiger partial charge in [-0.25, -0.2) is 13.1 Å². The normalized spacial score (nSPS) is 14.8. The van der Waals surface area contributed by atoms with Gasteiger partial charge in [0.2, 0.25) is 21.8 Å². The van der Waals surface area contributed by atoms with Gasteiger partial charge in [-0.2, -0.15) is 0 Å². The van der Waals surface area contributed by atoms with Crippen LogP contribution in [-0.4, -0.2) is 39.4 Å². The van der Waals surface area contributed by atoms with Gasteiger partial charge in [-0.15, -0.1) is 0 Å². The Morgan fingerprint density at radius 3 is 2.48 bits per heavy atom. The predicted octanol–water partition coefficient (Wildman–Crippen LogP) is 2.29. The van der Waals surface area contributed by atoms with Crippen molar-refractivity contribution in [3.05, 3.63) is 60.2 Å². The van der Waals surface area contributed by atoms with Crippen LogP contribution in [0.25, 0.3) is 6.08 Å². The van der Waals surface area contributed by atoms with Gasteiger partial charge in [-0.3, -0.25) is 9.59 Å². The fraction of sp³-hybridized carbons (Fsp3) is 0.273. The van der Waals surface area contributed by atoms with E-state index in [1.54, 1.807) is 56.5 Å². The molecule has 0 aliphatic heterocycles. The maximum atomic E-state index is 12.4. The number of hydrogen-bond acceptors (Lipinski definition) is 5. The zero-order valence-corrected chi connectivity index (χ0v) is 18.1. The Labute approximate surface area is 181 Å². The molecular formula is C22H25N3O5S. The van der Waals surface area contributed by atoms with Crippen LogP contribution in [0.1, 0.15) is 25.3 Å². The van der Waals surface area contributed by atoms with Gasteiger partial charge in [0.15, 0.2) is 0 Å². The van der Waals surface area contributed by atoms with E-state index >= 15 is 0 Å². The Morgan fingerprint density at radius 2 is 1.84 bits per heavy atom. The molecule has 1 aliphatic rings. The molecule has 164 valence electrons. The van der Waals surface area contributed by atoms with Crippen LogP contribution in [0.2, 0.25) is 0 Å². The van der Waals surface area contributed by atoms with E-state index in [1.807, 2.05) is 0 Å². The van der Waals surface area contributed by atoms with Crippen molar-refractivity contribution in [2.45, 2.75) is 36.7 Å². The lowest BCUT2D eigenvalue weighted by molar-refractivity contribution is -0.123. The van der Waals surface area contributed by atoms with Crippen molar-refractivity contribution in [3.8, 4) is 5.75 Å². The number of benzene rings is 2. The molecule has 0 saturated heterocycles. The maximum absolute atomic E-state index is 12.4. The molecule has 2 aromatic rings. The number of methoxy groups -OCH3 is 1. The van der Waals surface area contributed by atoms with Gasteiger partial charge >= 0.3 is 0 Å². The Morgan fingerprint density at radius 1 is 1.13 bits per heavy atom. The summed E-state index contributed by atoms with van der Waals surface area (Å²) in [7, 11) is -2.05. The molecule has 8 nitrogen and oxygen atoms in total. The topological polar surface area (TPSA) is 114 Å². The van der Waals surface area contributed by atoms with Gasteiger partial charge in [0, 0.05) is 17.8 Å². The summed E-state index contributed by atoms with van der Waals surface area (Å²) in [6.07, 6.45) is 4.63. The molecular weight excluding hydrogens is 418 g/mol. The number of sulfonamides is 1. The predicted molar refractivity (Wildman–Crippen MR) is 118 cm³/mol. The molecule has 3 N–H and O–H groups in total. The Balaban J connectivity index is 1.55. The first kappa shape index (κ1) is 22.5. The summed E-state index contributed by atoms with van der Waals surface area (Å²) in [6.45, 7) is 1.55. The van der Waals surface area contributed by atoms with Crippen LogP contribution >= 0.6 is 0 Å². The first-order valence-electron chi connectivity index (χ1n) is 9.83. The smallest absolute Gasteiger partial charge is 0.246 e. The lowest BCUT2D eigenvalue weighted by Gasteiger charge is -2.14. The van der Waals surface area contributed by atoms with Crippen LogP contribution in [0.3, 0.4) is 0 Å². The van der Waals surface area contributed by atoms with E-state index in [0.29, 0.717) is 11.4 Å². The zero-order valence-electron chi connectivity index (χ0n) is 17.3. The maximum Gasteiger partial charge on any atom is 0.246 e. The van der Waals surface area contributed by atoms with E-state index in [4.69, 9.17) is 4.74 Å². The third-order valence-corrected chi connectivity index (χ3v) is 6.12. The molecule has 0 aromatic heterocycles. The van der Waals surface area contributed by atoms with Crippen LogP contribution in [0.5, 0.6) is 5.75 Å². The zero-order chi connectivity index (χ0) is 22.4. The fourth-order valence-electron chi connectivity index (χ4n) is 2.69. The average molecular weight is 444 g/mol. The van der Waals surface area contributed by atoms with Gasteiger partial charge < -0.3 is 15.4 Å². The monoisotopic (exact) mass is 443 g/mol. The lowest BCUT2D eigenvalue weighted by Crippen LogP contribution is -2.40. The molecule has 1 atom stereocenters. The van der Waals surface area contributed by atoms with Gasteiger partial charge in [-0.1, -0.05) is 18.2 Å². The molecule has 2 aromatic carbocycles. The molecule has 0 spiro atoms. The summed E-state index contributed by atoms with van der Waals surface area (Å²) in [4.78, 5) is 24.6. The van der Waals surface area contributed by atoms with E-state index in [0.717, 1.165) is 18.4 Å². The summed E-state index contributed by atoms with van der Waals surface area (Å²) in [5.74, 6) is -0.175. The van der Waals surface area contributed by atoms with E-state index in [-0.39, 0.29) is 10.9 Å². The highest BCUT2D eigenvalue weighted by atomic mass is 32.2. The van der Waals surface area contributed by atoms with E-state index < -0.39 is 27.9 Å². The molecule has 31 heavy (non-hydrogen) atoms. The van der Waals surface area contributed by atoms with Crippen molar-refractivity contribution < 1.29 is 22.7 Å². The van der Waals surface area contributed by atoms with Crippen molar-refractivity contribution in [1.29, 1.82) is 0 Å². The van der Waals surface area contributed by atoms with E-state index in [9.17, 15) is 18.0 Å². The third kappa shape index (κ3) is 6.66. The standard InChI is InChI=1S/C22H25N3O5S/c1-15(23-21(26)13-8-16-6-11-19(30-2)12-7-16)22(27)24-18-4-3-5-20(14-18)31(28,29)25-17-9-10-17/h3-8,11-15,17,25H,9-10H2,1-2H3,(H,23,26)(H,24,27). The van der Waals surface area contributed by atoms with Crippen LogP contribution < -0.4 is 20.1 Å². The summed E-state index contributed by atoms with van der Waals surface area (Å²) in [5, 5.41) is 5.21. The van der Waals surface area contributed by atoms with Crippen molar-refractivity contribution >= 4 is 33.6 Å². The SMILES string of the molecule is COc1ccc(C=CC(=O)NC(C)C(=O)Nc2cccc(S(=O)(=O)NC3CC3)c2)cc1. The van der Waals surface area contributed by atoms with Crippen LogP contribution in [0.15, 0.2) is 59.5 Å². The second-order valence-electron chi connectivity index (χ2n) is 7.25. The first-order chi connectivity index (χ1) is 14.8. The van der Waals surface area contributed by atoms with E-state index in [1.165, 1.54) is 18.2 Å². The molecule has 1 fully saturated rings. The molecule has 0 bridgehead atoms. The third-order valence-electron chi connectivity index (χ3n) is 4.61. The summed E-state index contributed by atoms with van der Waals surface area (Å²) in [5.41, 5.74) is 1.14. The Kier molecular flexibility index (Phi) is 7.09. The molecule has 1 unspecified atom stereocenters. The highest BCUT2D eigenvalue weighted by molar-refractivity contribution is 7.89. The summed E-state index contributed by atoms with van der Waals surface area (Å²) >= 11 is 0. The number of ether oxygens (including phenoxy) is 1. The van der Waals surface area contributed by atoms with E-state index in [2.05, 4.69) is 15.4 Å². The minimum Gasteiger partial charge on any atom is -0.497 e. The largest absolute Gasteiger partial charge is 0.497 e. The highest BCUT2D eigenvalue weighted by Gasteiger charge is 2.28. The number of carbonyl (C=O) groups excluding carboxylic acids is 2. The second-order valence-corrected chi connectivity index (χ2v) is 8.96. The number of nitrogens with one attached hydrogen (secondary N) is 3. The number of amides is 2. The minimum absolute atomic E-state index is 0.00977. The van der Waals surface area contributed by atoms with Crippen molar-refractivity contribution in [1.82, 2.24) is 10.0 Å². The number of carbonyl (C=O) groups is 2. The quantitative estimate of drug-likeness (QED) is 0.515. The van der Waals surface area contributed by atoms with Crippen LogP contribution in [0, 0.1) is 0 Å². The highest BCUT2D eigenvalue weighted by Crippen LogP contribution is 2.23. The van der Waals surface area contributed by atoms with Crippen LogP contribution in [0.4, 0.5) is 5.69 Å². The van der Waals surface area contributed by atoms with Crippen molar-refractivity contribution in [2.24, 2.45) is 0 Å². The molecule has 0 radical (unpaired) electrons. The molecule has 1 aliphatic carbocycles. The van der Waals surface area contributed by atoms with Crippen molar-refractivity contribution in [3.63, 3.8) is 0 Å². The van der Waals surface area contributed by atoms with Gasteiger partial charge in [0.1, 0.15) is 11.8 Å². The first-order valence-corrected chi connectivity index (χ1v) is 11.3. The van der Waals surface area contributed by atoms with Gasteiger partial charge in [0.25, 0.3) is 0 Å². The number of hydrogen-bond donors (Lipinski definition) is 3. The fourth-order valence-corrected chi connectivity index (χ4v) is 4.04. The molecule has 2 amide bonds. The summed E-state index contributed by atoms with van der Waals surface area (Å²) < 4.78 is 32.3. The average Bonchev–Trinajstić information content (AvgIpc) is 3.56. The Hall–Kier alpha value is -3.17. The van der Waals surface area contributed by atoms with Gasteiger partial charge in [-0.05, 0) is 61.7 Å². The number of rotatable bonds is 9. The Bertz CT molecular complexity index is 1080. The summed E-state index contributed by atoms with van der Waals surface area (Å²) in [6, 6.07) is 12.3. The van der Waals surface area contributed by atoms with Gasteiger partial charge in [0.05, 0.1) is 12.0 Å². The molecule has 3 rings (SSSR count). The van der Waals surface area contributed by atoms with Crippen LogP contribution in [-0.2, 0) is 19.6 Å². The number of anilines is 1. The minimum atomic E-state index is -3.62. The second kappa shape index (κ2) is 9.76.